The number of esters is 1. The van der Waals surface area contributed by atoms with E-state index in [1.54, 1.807) is 18.3 Å². The second-order valence-corrected chi connectivity index (χ2v) is 8.43. The highest BCUT2D eigenvalue weighted by Crippen LogP contribution is 2.30. The quantitative estimate of drug-likeness (QED) is 0.537. The molecule has 1 atom stereocenters. The van der Waals surface area contributed by atoms with Gasteiger partial charge < -0.3 is 14.8 Å². The highest BCUT2D eigenvalue weighted by atomic mass is 19.3. The Hall–Kier alpha value is -3.88. The van der Waals surface area contributed by atoms with Crippen molar-refractivity contribution in [3.63, 3.8) is 0 Å². The molecule has 11 heteroatoms. The molecule has 0 spiro atoms. The normalized spacial score (nSPS) is 17.8. The molecule has 9 nitrogen and oxygen atoms in total. The van der Waals surface area contributed by atoms with Crippen LogP contribution in [0.1, 0.15) is 44.2 Å². The molecule has 1 N–H and O–H groups in total. The molecule has 0 bridgehead atoms. The van der Waals surface area contributed by atoms with Crippen LogP contribution in [-0.2, 0) is 17.9 Å². The molecule has 2 aliphatic heterocycles. The zero-order chi connectivity index (χ0) is 24.5. The number of nitrogens with zero attached hydrogens (tertiary/aromatic N) is 5. The van der Waals surface area contributed by atoms with Crippen molar-refractivity contribution in [2.45, 2.75) is 32.7 Å². The molecule has 4 heterocycles. The predicted octanol–water partition coefficient (Wildman–Crippen LogP) is 2.87. The maximum Gasteiger partial charge on any atom is 0.388 e. The molecule has 1 aromatic carbocycles. The molecule has 0 aliphatic carbocycles. The zero-order valence-electron chi connectivity index (χ0n) is 18.9. The number of carbonyl (C=O) groups excluding carboxylic acids is 1. The van der Waals surface area contributed by atoms with Crippen LogP contribution in [-0.4, -0.2) is 51.9 Å². The molecule has 0 unspecified atom stereocenters. The van der Waals surface area contributed by atoms with Gasteiger partial charge in [-0.05, 0) is 35.7 Å². The molecule has 180 valence electrons. The summed E-state index contributed by atoms with van der Waals surface area (Å²) in [6, 6.07) is 9.38. The number of nitriles is 1. The predicted molar refractivity (Wildman–Crippen MR) is 119 cm³/mol. The summed E-state index contributed by atoms with van der Waals surface area (Å²) in [5.74, 6) is -0.309. The van der Waals surface area contributed by atoms with E-state index in [1.807, 2.05) is 25.1 Å². The average Bonchev–Trinajstić information content (AvgIpc) is 3.43. The van der Waals surface area contributed by atoms with E-state index in [0.29, 0.717) is 24.5 Å². The fourth-order valence-corrected chi connectivity index (χ4v) is 4.54. The first-order chi connectivity index (χ1) is 16.9. The number of benzene rings is 1. The number of aromatic nitrogens is 3. The van der Waals surface area contributed by atoms with Crippen molar-refractivity contribution in [2.75, 3.05) is 19.6 Å². The van der Waals surface area contributed by atoms with Gasteiger partial charge in [0.05, 0.1) is 11.8 Å². The number of halogens is 2. The molecule has 1 fully saturated rings. The fraction of sp³-hybridized carbons (Fsp3) is 0.333. The Bertz CT molecular complexity index is 1300. The molecule has 5 rings (SSSR count). The summed E-state index contributed by atoms with van der Waals surface area (Å²) in [6.07, 6.45) is 3.01. The van der Waals surface area contributed by atoms with E-state index in [9.17, 15) is 13.6 Å². The van der Waals surface area contributed by atoms with Crippen molar-refractivity contribution in [1.82, 2.24) is 25.0 Å². The minimum Gasteiger partial charge on any atom is -0.457 e. The Morgan fingerprint density at radius 2 is 2.20 bits per heavy atom. The van der Waals surface area contributed by atoms with E-state index in [1.165, 1.54) is 10.9 Å². The number of pyridine rings is 1. The van der Waals surface area contributed by atoms with Crippen molar-refractivity contribution in [3.8, 4) is 17.8 Å². The summed E-state index contributed by atoms with van der Waals surface area (Å²) in [5, 5.41) is 16.6. The van der Waals surface area contributed by atoms with Gasteiger partial charge >= 0.3 is 12.6 Å². The number of carbonyl (C=O) groups is 1. The summed E-state index contributed by atoms with van der Waals surface area (Å²) in [7, 11) is 0. The van der Waals surface area contributed by atoms with Crippen LogP contribution < -0.4 is 10.1 Å². The van der Waals surface area contributed by atoms with Crippen molar-refractivity contribution in [2.24, 2.45) is 0 Å². The number of fused-ring (bicyclic) bond motifs is 1. The van der Waals surface area contributed by atoms with E-state index in [4.69, 9.17) is 10.00 Å². The van der Waals surface area contributed by atoms with Crippen LogP contribution in [0.2, 0.25) is 0 Å². The summed E-state index contributed by atoms with van der Waals surface area (Å²) in [5.41, 5.74) is 4.75. The van der Waals surface area contributed by atoms with E-state index in [2.05, 4.69) is 25.0 Å². The number of nitrogens with one attached hydrogen (secondary N) is 1. The number of ether oxygens (including phenoxy) is 2. The Morgan fingerprint density at radius 1 is 1.34 bits per heavy atom. The summed E-state index contributed by atoms with van der Waals surface area (Å²) in [6.45, 7) is 2.44. The zero-order valence-corrected chi connectivity index (χ0v) is 18.9. The van der Waals surface area contributed by atoms with Crippen molar-refractivity contribution < 1.29 is 23.0 Å². The van der Waals surface area contributed by atoms with Gasteiger partial charge in [-0.3, -0.25) is 4.90 Å². The first-order valence-electron chi connectivity index (χ1n) is 11.1. The molecule has 0 radical (unpaired) electrons. The number of cyclic esters (lactones) is 1. The number of alkyl halides is 2. The first kappa shape index (κ1) is 22.9. The van der Waals surface area contributed by atoms with Gasteiger partial charge in [-0.2, -0.15) is 14.0 Å². The summed E-state index contributed by atoms with van der Waals surface area (Å²) in [4.78, 5) is 18.5. The fourth-order valence-electron chi connectivity index (χ4n) is 4.54. The topological polar surface area (TPSA) is 105 Å². The first-order valence-corrected chi connectivity index (χ1v) is 11.1. The number of hydrogen-bond acceptors (Lipinski definition) is 8. The molecule has 2 aliphatic rings. The van der Waals surface area contributed by atoms with Crippen molar-refractivity contribution in [3.05, 3.63) is 70.0 Å². The van der Waals surface area contributed by atoms with Gasteiger partial charge in [-0.25, -0.2) is 14.5 Å². The van der Waals surface area contributed by atoms with Gasteiger partial charge in [0.15, 0.2) is 5.82 Å². The molecule has 0 saturated carbocycles. The maximum absolute atomic E-state index is 12.5. The van der Waals surface area contributed by atoms with Gasteiger partial charge in [0.2, 0.25) is 0 Å². The number of rotatable bonds is 6. The number of piperazine rings is 1. The Morgan fingerprint density at radius 3 is 2.94 bits per heavy atom. The lowest BCUT2D eigenvalue weighted by atomic mass is 9.93. The van der Waals surface area contributed by atoms with Gasteiger partial charge in [0, 0.05) is 44.0 Å². The van der Waals surface area contributed by atoms with Gasteiger partial charge in [0.1, 0.15) is 18.2 Å². The second kappa shape index (κ2) is 9.40. The van der Waals surface area contributed by atoms with E-state index in [0.717, 1.165) is 41.9 Å². The van der Waals surface area contributed by atoms with Crippen LogP contribution in [0.15, 0.2) is 36.7 Å². The summed E-state index contributed by atoms with van der Waals surface area (Å²) < 4.78 is 35.8. The van der Waals surface area contributed by atoms with Crippen LogP contribution >= 0.6 is 0 Å². The smallest absolute Gasteiger partial charge is 0.388 e. The Kier molecular flexibility index (Phi) is 6.15. The van der Waals surface area contributed by atoms with Crippen molar-refractivity contribution >= 4 is 5.97 Å². The molecule has 35 heavy (non-hydrogen) atoms. The third kappa shape index (κ3) is 4.58. The third-order valence-corrected chi connectivity index (χ3v) is 6.29. The molecule has 2 aromatic heterocycles. The molecule has 1 saturated heterocycles. The monoisotopic (exact) mass is 480 g/mol. The third-order valence-electron chi connectivity index (χ3n) is 6.29. The Balaban J connectivity index is 1.27. The molecule has 3 aromatic rings. The lowest BCUT2D eigenvalue weighted by molar-refractivity contribution is -0.0532. The lowest BCUT2D eigenvalue weighted by Crippen LogP contribution is -2.45. The van der Waals surface area contributed by atoms with E-state index in [-0.39, 0.29) is 17.6 Å². The minimum absolute atomic E-state index is 0.0965. The van der Waals surface area contributed by atoms with Gasteiger partial charge in [-0.15, -0.1) is 5.10 Å². The number of hydrogen-bond donors (Lipinski definition) is 1. The van der Waals surface area contributed by atoms with E-state index < -0.39 is 12.5 Å². The van der Waals surface area contributed by atoms with Crippen LogP contribution in [0.25, 0.3) is 5.82 Å². The molecule has 0 amide bonds. The van der Waals surface area contributed by atoms with Crippen LogP contribution in [0.5, 0.6) is 5.88 Å². The highest BCUT2D eigenvalue weighted by molar-refractivity contribution is 5.94. The SMILES string of the molecule is Cc1c([C@@H]2CN(Cc3ccc(-n4cc(C#N)c(OC(F)F)n4)nc3)CCN2)ccc2c1COC2=O. The van der Waals surface area contributed by atoms with Crippen LogP contribution in [0, 0.1) is 18.3 Å². The minimum atomic E-state index is -3.07. The van der Waals surface area contributed by atoms with Gasteiger partial charge in [-0.1, -0.05) is 12.1 Å². The van der Waals surface area contributed by atoms with Crippen LogP contribution in [0.3, 0.4) is 0 Å². The Labute approximate surface area is 199 Å². The highest BCUT2D eigenvalue weighted by Gasteiger charge is 2.28. The molecular formula is C24H22F2N6O3. The van der Waals surface area contributed by atoms with E-state index >= 15 is 0 Å². The van der Waals surface area contributed by atoms with Crippen LogP contribution in [0.4, 0.5) is 8.78 Å². The second-order valence-electron chi connectivity index (χ2n) is 8.43. The lowest BCUT2D eigenvalue weighted by Gasteiger charge is -2.34. The van der Waals surface area contributed by atoms with Gasteiger partial charge in [0.25, 0.3) is 5.88 Å². The summed E-state index contributed by atoms with van der Waals surface area (Å²) >= 11 is 0. The maximum atomic E-state index is 12.5. The average molecular weight is 480 g/mol. The standard InChI is InChI=1S/C24H22F2N6O3/c1-14-17(3-4-18-19(14)13-34-23(18)33)20-12-31(7-6-28-20)10-15-2-5-21(29-9-15)32-11-16(8-27)22(30-32)35-24(25)26/h2-5,9,11,20,24,28H,6-7,10,12-13H2,1H3/t20-/m0/s1. The molecular weight excluding hydrogens is 458 g/mol. The largest absolute Gasteiger partial charge is 0.457 e. The van der Waals surface area contributed by atoms with Crippen molar-refractivity contribution in [1.29, 1.82) is 5.26 Å².